The van der Waals surface area contributed by atoms with Crippen LogP contribution in [0.5, 0.6) is 0 Å². The molecule has 6 nitrogen and oxygen atoms in total. The summed E-state index contributed by atoms with van der Waals surface area (Å²) in [6.07, 6.45) is 0. The van der Waals surface area contributed by atoms with E-state index >= 15 is 0 Å². The second-order valence-corrected chi connectivity index (χ2v) is 7.01. The van der Waals surface area contributed by atoms with Crippen LogP contribution in [0.25, 0.3) is 0 Å². The number of benzene rings is 1. The maximum atomic E-state index is 12.3. The number of rotatable bonds is 9. The molecular formula is C18H22ClN3O3S. The van der Waals surface area contributed by atoms with Crippen molar-refractivity contribution < 1.29 is 14.3 Å². The van der Waals surface area contributed by atoms with Crippen LogP contribution in [0.2, 0.25) is 5.02 Å². The molecule has 0 aliphatic rings. The molecule has 0 atom stereocenters. The van der Waals surface area contributed by atoms with E-state index in [1.54, 1.807) is 37.4 Å². The smallest absolute Gasteiger partial charge is 0.261 e. The molecule has 2 rings (SSSR count). The van der Waals surface area contributed by atoms with Gasteiger partial charge in [0.1, 0.15) is 0 Å². The molecule has 1 heterocycles. The molecule has 0 unspecified atom stereocenters. The summed E-state index contributed by atoms with van der Waals surface area (Å²) in [6.45, 7) is 4.39. The Morgan fingerprint density at radius 2 is 1.92 bits per heavy atom. The van der Waals surface area contributed by atoms with E-state index in [1.165, 1.54) is 11.3 Å². The van der Waals surface area contributed by atoms with Gasteiger partial charge in [-0.2, -0.15) is 0 Å². The van der Waals surface area contributed by atoms with E-state index < -0.39 is 0 Å². The lowest BCUT2D eigenvalue weighted by Crippen LogP contribution is -2.32. The van der Waals surface area contributed by atoms with E-state index in [4.69, 9.17) is 16.3 Å². The van der Waals surface area contributed by atoms with Gasteiger partial charge in [-0.3, -0.25) is 9.59 Å². The molecule has 26 heavy (non-hydrogen) atoms. The van der Waals surface area contributed by atoms with Gasteiger partial charge in [-0.05, 0) is 30.7 Å². The Morgan fingerprint density at radius 1 is 1.15 bits per heavy atom. The van der Waals surface area contributed by atoms with Gasteiger partial charge in [-0.1, -0.05) is 23.7 Å². The van der Waals surface area contributed by atoms with Crippen molar-refractivity contribution >= 4 is 39.8 Å². The van der Waals surface area contributed by atoms with Crippen LogP contribution in [0, 0.1) is 6.92 Å². The van der Waals surface area contributed by atoms with Crippen molar-refractivity contribution in [2.24, 2.45) is 0 Å². The Kier molecular flexibility index (Phi) is 8.06. The minimum Gasteiger partial charge on any atom is -0.383 e. The molecule has 1 aromatic heterocycles. The fourth-order valence-electron chi connectivity index (χ4n) is 2.24. The first kappa shape index (κ1) is 20.4. The highest BCUT2D eigenvalue weighted by molar-refractivity contribution is 7.18. The zero-order chi connectivity index (χ0) is 18.9. The number of halogens is 1. The van der Waals surface area contributed by atoms with Crippen LogP contribution in [-0.4, -0.2) is 45.2 Å². The van der Waals surface area contributed by atoms with Crippen LogP contribution in [0.3, 0.4) is 0 Å². The largest absolute Gasteiger partial charge is 0.383 e. The fraction of sp³-hybridized carbons (Fsp3) is 0.333. The number of aryl methyl sites for hydroxylation is 1. The third kappa shape index (κ3) is 5.81. The van der Waals surface area contributed by atoms with E-state index in [1.807, 2.05) is 6.92 Å². The quantitative estimate of drug-likeness (QED) is 0.570. The first-order chi connectivity index (χ1) is 12.5. The van der Waals surface area contributed by atoms with Crippen molar-refractivity contribution in [2.75, 3.05) is 38.7 Å². The summed E-state index contributed by atoms with van der Waals surface area (Å²) in [6, 6.07) is 8.62. The number of amides is 2. The van der Waals surface area contributed by atoms with Crippen LogP contribution >= 0.6 is 22.9 Å². The molecule has 1 aromatic carbocycles. The molecule has 2 amide bonds. The summed E-state index contributed by atoms with van der Waals surface area (Å²) in [5.41, 5.74) is 1.21. The lowest BCUT2D eigenvalue weighted by atomic mass is 10.2. The fourth-order valence-corrected chi connectivity index (χ4v) is 3.44. The molecule has 0 radical (unpaired) electrons. The molecule has 0 saturated heterocycles. The summed E-state index contributed by atoms with van der Waals surface area (Å²) in [5, 5.41) is 9.80. The number of methoxy groups -OCH3 is 1. The van der Waals surface area contributed by atoms with Gasteiger partial charge >= 0.3 is 0 Å². The second kappa shape index (κ2) is 10.3. The molecule has 0 spiro atoms. The molecular weight excluding hydrogens is 374 g/mol. The van der Waals surface area contributed by atoms with Crippen LogP contribution in [0.15, 0.2) is 30.3 Å². The molecule has 2 aromatic rings. The van der Waals surface area contributed by atoms with Gasteiger partial charge in [0.15, 0.2) is 0 Å². The minimum absolute atomic E-state index is 0.153. The predicted molar refractivity (Wildman–Crippen MR) is 106 cm³/mol. The summed E-state index contributed by atoms with van der Waals surface area (Å²) in [4.78, 5) is 25.2. The normalized spacial score (nSPS) is 10.6. The predicted octanol–water partition coefficient (Wildman–Crippen LogP) is 2.93. The molecule has 0 saturated carbocycles. The van der Waals surface area contributed by atoms with Gasteiger partial charge in [-0.25, -0.2) is 0 Å². The highest BCUT2D eigenvalue weighted by Gasteiger charge is 2.16. The minimum atomic E-state index is -0.300. The van der Waals surface area contributed by atoms with Gasteiger partial charge < -0.3 is 20.7 Å². The Morgan fingerprint density at radius 3 is 2.65 bits per heavy atom. The number of hydrogen-bond donors (Lipinski definition) is 3. The van der Waals surface area contributed by atoms with Gasteiger partial charge in [-0.15, -0.1) is 11.3 Å². The third-order valence-corrected chi connectivity index (χ3v) is 5.03. The van der Waals surface area contributed by atoms with Crippen molar-refractivity contribution in [3.63, 3.8) is 0 Å². The van der Waals surface area contributed by atoms with Gasteiger partial charge in [0, 0.05) is 26.7 Å². The standard InChI is InChI=1S/C18H22ClN3O3S/c1-12-11-15(22-17(23)13-5-3-4-6-14(13)19)26-16(12)18(24)21-8-7-20-9-10-25-2/h3-6,11,20H,7-10H2,1-2H3,(H,21,24)(H,22,23). The Bertz CT molecular complexity index is 764. The van der Waals surface area contributed by atoms with Crippen molar-refractivity contribution in [3.05, 3.63) is 51.4 Å². The van der Waals surface area contributed by atoms with Crippen LogP contribution in [0.1, 0.15) is 25.6 Å². The first-order valence-corrected chi connectivity index (χ1v) is 9.36. The molecule has 8 heteroatoms. The number of hydrogen-bond acceptors (Lipinski definition) is 5. The number of carbonyl (C=O) groups excluding carboxylic acids is 2. The van der Waals surface area contributed by atoms with Crippen LogP contribution in [0.4, 0.5) is 5.00 Å². The van der Waals surface area contributed by atoms with E-state index in [9.17, 15) is 9.59 Å². The SMILES string of the molecule is COCCNCCNC(=O)c1sc(NC(=O)c2ccccc2Cl)cc1C. The zero-order valence-electron chi connectivity index (χ0n) is 14.7. The lowest BCUT2D eigenvalue weighted by molar-refractivity contribution is 0.0956. The number of nitrogens with one attached hydrogen (secondary N) is 3. The average molecular weight is 396 g/mol. The van der Waals surface area contributed by atoms with E-state index in [2.05, 4.69) is 16.0 Å². The number of thiophene rings is 1. The third-order valence-electron chi connectivity index (χ3n) is 3.55. The topological polar surface area (TPSA) is 79.5 Å². The maximum absolute atomic E-state index is 12.3. The highest BCUT2D eigenvalue weighted by atomic mass is 35.5. The number of carbonyl (C=O) groups is 2. The molecule has 140 valence electrons. The van der Waals surface area contributed by atoms with Crippen molar-refractivity contribution in [2.45, 2.75) is 6.92 Å². The van der Waals surface area contributed by atoms with Gasteiger partial charge in [0.25, 0.3) is 11.8 Å². The van der Waals surface area contributed by atoms with Crippen LogP contribution < -0.4 is 16.0 Å². The Balaban J connectivity index is 1.90. The van der Waals surface area contributed by atoms with Crippen LogP contribution in [-0.2, 0) is 4.74 Å². The first-order valence-electron chi connectivity index (χ1n) is 8.17. The van der Waals surface area contributed by atoms with Gasteiger partial charge in [0.05, 0.1) is 27.1 Å². The van der Waals surface area contributed by atoms with Crippen molar-refractivity contribution in [1.82, 2.24) is 10.6 Å². The zero-order valence-corrected chi connectivity index (χ0v) is 16.3. The summed E-state index contributed by atoms with van der Waals surface area (Å²) < 4.78 is 4.94. The maximum Gasteiger partial charge on any atom is 0.261 e. The second-order valence-electron chi connectivity index (χ2n) is 5.56. The Hall–Kier alpha value is -1.93. The summed E-state index contributed by atoms with van der Waals surface area (Å²) in [5.74, 6) is -0.453. The van der Waals surface area contributed by atoms with Gasteiger partial charge in [0.2, 0.25) is 0 Å². The lowest BCUT2D eigenvalue weighted by Gasteiger charge is -2.06. The number of ether oxygens (including phenoxy) is 1. The van der Waals surface area contributed by atoms with Crippen molar-refractivity contribution in [3.8, 4) is 0 Å². The molecule has 0 aliphatic heterocycles. The molecule has 0 aliphatic carbocycles. The van der Waals surface area contributed by atoms with E-state index in [-0.39, 0.29) is 11.8 Å². The summed E-state index contributed by atoms with van der Waals surface area (Å²) >= 11 is 7.28. The molecule has 3 N–H and O–H groups in total. The highest BCUT2D eigenvalue weighted by Crippen LogP contribution is 2.27. The van der Waals surface area contributed by atoms with Crippen molar-refractivity contribution in [1.29, 1.82) is 0 Å². The average Bonchev–Trinajstić information content (AvgIpc) is 2.98. The summed E-state index contributed by atoms with van der Waals surface area (Å²) in [7, 11) is 1.64. The number of anilines is 1. The van der Waals surface area contributed by atoms with E-state index in [0.717, 1.165) is 12.1 Å². The Labute approximate surface area is 161 Å². The van der Waals surface area contributed by atoms with E-state index in [0.29, 0.717) is 40.2 Å². The molecule has 0 bridgehead atoms. The monoisotopic (exact) mass is 395 g/mol. The molecule has 0 fully saturated rings.